The van der Waals surface area contributed by atoms with Crippen molar-refractivity contribution in [3.8, 4) is 0 Å². The molecule has 20 heavy (non-hydrogen) atoms. The molecule has 0 atom stereocenters. The fourth-order valence-corrected chi connectivity index (χ4v) is 2.09. The van der Waals surface area contributed by atoms with Crippen molar-refractivity contribution < 1.29 is 31.0 Å². The van der Waals surface area contributed by atoms with Crippen LogP contribution in [0.3, 0.4) is 0 Å². The highest BCUT2D eigenvalue weighted by atomic mass is 79.9. The lowest BCUT2D eigenvalue weighted by Gasteiger charge is -2.35. The summed E-state index contributed by atoms with van der Waals surface area (Å²) in [5, 5.41) is 13.4. The number of H-pyrrole nitrogens is 1. The van der Waals surface area contributed by atoms with Gasteiger partial charge in [0.05, 0.1) is 39.2 Å². The first-order chi connectivity index (χ1) is 9.15. The van der Waals surface area contributed by atoms with Crippen molar-refractivity contribution in [2.45, 2.75) is 33.6 Å². The largest absolute Gasteiger partial charge is 1.00 e. The molecular formula is C12H24BrN5O2. The Labute approximate surface area is 130 Å². The zero-order chi connectivity index (χ0) is 14.1. The van der Waals surface area contributed by atoms with Crippen molar-refractivity contribution in [2.75, 3.05) is 32.8 Å². The molecule has 0 bridgehead atoms. The van der Waals surface area contributed by atoms with Gasteiger partial charge in [-0.2, -0.15) is 5.21 Å². The molecule has 1 rings (SSSR count). The Kier molecular flexibility index (Phi) is 9.32. The number of nitrogens with one attached hydrogen (secondary N) is 1. The van der Waals surface area contributed by atoms with Gasteiger partial charge in [0.25, 0.3) is 0 Å². The molecule has 8 heteroatoms. The Bertz CT molecular complexity index is 360. The van der Waals surface area contributed by atoms with Crippen LogP contribution in [-0.2, 0) is 16.0 Å². The molecule has 0 aliphatic carbocycles. The molecule has 0 fully saturated rings. The van der Waals surface area contributed by atoms with Gasteiger partial charge < -0.3 is 26.2 Å². The van der Waals surface area contributed by atoms with Crippen LogP contribution in [0.5, 0.6) is 0 Å². The number of nitrogens with zero attached hydrogens (tertiary/aromatic N) is 4. The first kappa shape index (κ1) is 19.0. The van der Waals surface area contributed by atoms with Gasteiger partial charge in [-0.05, 0) is 20.8 Å². The number of esters is 1. The van der Waals surface area contributed by atoms with E-state index in [4.69, 9.17) is 4.74 Å². The maximum Gasteiger partial charge on any atom is 0.311 e. The van der Waals surface area contributed by atoms with Gasteiger partial charge in [0.1, 0.15) is 0 Å². The van der Waals surface area contributed by atoms with Crippen LogP contribution in [0.4, 0.5) is 0 Å². The highest BCUT2D eigenvalue weighted by Gasteiger charge is 2.22. The molecule has 1 aromatic rings. The second kappa shape index (κ2) is 9.82. The zero-order valence-electron chi connectivity index (χ0n) is 12.4. The van der Waals surface area contributed by atoms with Crippen LogP contribution < -0.4 is 17.0 Å². The number of halogens is 1. The number of rotatable bonds is 9. The van der Waals surface area contributed by atoms with E-state index in [-0.39, 0.29) is 23.0 Å². The normalized spacial score (nSPS) is 10.9. The molecule has 0 aliphatic heterocycles. The van der Waals surface area contributed by atoms with Gasteiger partial charge in [0.15, 0.2) is 5.82 Å². The van der Waals surface area contributed by atoms with E-state index in [1.807, 2.05) is 0 Å². The van der Waals surface area contributed by atoms with Crippen molar-refractivity contribution in [1.29, 1.82) is 0 Å². The Hall–Kier alpha value is -1.02. The Morgan fingerprint density at radius 1 is 1.25 bits per heavy atom. The second-order valence-electron chi connectivity index (χ2n) is 4.56. The third-order valence-electron chi connectivity index (χ3n) is 3.78. The summed E-state index contributed by atoms with van der Waals surface area (Å²) < 4.78 is 6.13. The predicted molar refractivity (Wildman–Crippen MR) is 70.2 cm³/mol. The predicted octanol–water partition coefficient (Wildman–Crippen LogP) is -2.44. The smallest absolute Gasteiger partial charge is 0.311 e. The van der Waals surface area contributed by atoms with E-state index in [2.05, 4.69) is 41.4 Å². The Balaban J connectivity index is 0.00000361. The van der Waals surface area contributed by atoms with Crippen LogP contribution in [0.15, 0.2) is 0 Å². The van der Waals surface area contributed by atoms with Crippen LogP contribution in [-0.4, -0.2) is 63.9 Å². The van der Waals surface area contributed by atoms with Crippen molar-refractivity contribution in [2.24, 2.45) is 0 Å². The van der Waals surface area contributed by atoms with Gasteiger partial charge in [-0.15, -0.1) is 10.2 Å². The molecule has 0 unspecified atom stereocenters. The number of carbonyl (C=O) groups excluding carboxylic acids is 1. The fourth-order valence-electron chi connectivity index (χ4n) is 2.09. The number of ether oxygens (including phenoxy) is 1. The number of aromatic amines is 1. The van der Waals surface area contributed by atoms with Crippen LogP contribution in [0.1, 0.15) is 33.0 Å². The van der Waals surface area contributed by atoms with Gasteiger partial charge in [0.2, 0.25) is 0 Å². The van der Waals surface area contributed by atoms with Crippen molar-refractivity contribution >= 4 is 5.97 Å². The monoisotopic (exact) mass is 349 g/mol. The molecule has 0 aromatic carbocycles. The first-order valence-electron chi connectivity index (χ1n) is 6.88. The number of quaternary nitrogens is 1. The third-order valence-corrected chi connectivity index (χ3v) is 3.78. The summed E-state index contributed by atoms with van der Waals surface area (Å²) >= 11 is 0. The van der Waals surface area contributed by atoms with E-state index in [0.717, 1.165) is 30.7 Å². The SMILES string of the molecule is CC[N+](CC)(CC)CCC(=O)OCCc1nn[nH]n1.[Br-]. The fraction of sp³-hybridized carbons (Fsp3) is 0.833. The average Bonchev–Trinajstić information content (AvgIpc) is 2.94. The van der Waals surface area contributed by atoms with Crippen LogP contribution in [0.2, 0.25) is 0 Å². The van der Waals surface area contributed by atoms with E-state index < -0.39 is 0 Å². The van der Waals surface area contributed by atoms with Gasteiger partial charge in [-0.3, -0.25) is 4.79 Å². The molecule has 116 valence electrons. The van der Waals surface area contributed by atoms with Gasteiger partial charge in [0, 0.05) is 6.42 Å². The second-order valence-corrected chi connectivity index (χ2v) is 4.56. The molecule has 1 heterocycles. The molecule has 1 aromatic heterocycles. The van der Waals surface area contributed by atoms with Gasteiger partial charge in [-0.1, -0.05) is 5.21 Å². The molecular weight excluding hydrogens is 326 g/mol. The van der Waals surface area contributed by atoms with E-state index in [0.29, 0.717) is 25.3 Å². The van der Waals surface area contributed by atoms with Crippen LogP contribution in [0.25, 0.3) is 0 Å². The summed E-state index contributed by atoms with van der Waals surface area (Å²) in [5.74, 6) is 0.412. The molecule has 0 amide bonds. The highest BCUT2D eigenvalue weighted by molar-refractivity contribution is 5.69. The minimum atomic E-state index is -0.152. The molecule has 0 saturated heterocycles. The molecule has 0 radical (unpaired) electrons. The lowest BCUT2D eigenvalue weighted by atomic mass is 10.3. The third kappa shape index (κ3) is 5.96. The van der Waals surface area contributed by atoms with Crippen molar-refractivity contribution in [3.05, 3.63) is 5.82 Å². The van der Waals surface area contributed by atoms with Crippen molar-refractivity contribution in [3.63, 3.8) is 0 Å². The quantitative estimate of drug-likeness (QED) is 0.395. The number of hydrogen-bond donors (Lipinski definition) is 1. The first-order valence-corrected chi connectivity index (χ1v) is 6.88. The summed E-state index contributed by atoms with van der Waals surface area (Å²) in [6.07, 6.45) is 0.958. The summed E-state index contributed by atoms with van der Waals surface area (Å²) in [5.41, 5.74) is 0. The number of carbonyl (C=O) groups is 1. The van der Waals surface area contributed by atoms with E-state index in [1.54, 1.807) is 0 Å². The highest BCUT2D eigenvalue weighted by Crippen LogP contribution is 2.07. The number of tetrazole rings is 1. The lowest BCUT2D eigenvalue weighted by Crippen LogP contribution is -3.00. The summed E-state index contributed by atoms with van der Waals surface area (Å²) in [6.45, 7) is 10.8. The topological polar surface area (TPSA) is 80.8 Å². The maximum absolute atomic E-state index is 11.7. The average molecular weight is 350 g/mol. The molecule has 0 saturated carbocycles. The molecule has 0 spiro atoms. The van der Waals surface area contributed by atoms with Gasteiger partial charge >= 0.3 is 5.97 Å². The lowest BCUT2D eigenvalue weighted by molar-refractivity contribution is -0.922. The van der Waals surface area contributed by atoms with E-state index in [9.17, 15) is 4.79 Å². The molecule has 1 N–H and O–H groups in total. The van der Waals surface area contributed by atoms with Crippen molar-refractivity contribution in [1.82, 2.24) is 20.6 Å². The van der Waals surface area contributed by atoms with Crippen LogP contribution >= 0.6 is 0 Å². The minimum absolute atomic E-state index is 0. The minimum Gasteiger partial charge on any atom is -1.00 e. The maximum atomic E-state index is 11.7. The summed E-state index contributed by atoms with van der Waals surface area (Å²) in [4.78, 5) is 11.7. The van der Waals surface area contributed by atoms with E-state index >= 15 is 0 Å². The van der Waals surface area contributed by atoms with E-state index in [1.165, 1.54) is 0 Å². The standard InChI is InChI=1S/C12H24N5O2.BrH/c1-4-17(5-2,6-3)9-7-12(18)19-10-8-11-13-15-16-14-11;/h4-10H2,1-3H3,(H,13,14,15,16);1H/q+1;/p-1. The van der Waals surface area contributed by atoms with Gasteiger partial charge in [-0.25, -0.2) is 0 Å². The Morgan fingerprint density at radius 3 is 2.40 bits per heavy atom. The molecule has 7 nitrogen and oxygen atoms in total. The summed E-state index contributed by atoms with van der Waals surface area (Å²) in [6, 6.07) is 0. The zero-order valence-corrected chi connectivity index (χ0v) is 14.0. The molecule has 0 aliphatic rings. The number of aromatic nitrogens is 4. The summed E-state index contributed by atoms with van der Waals surface area (Å²) in [7, 11) is 0. The number of hydrogen-bond acceptors (Lipinski definition) is 5. The Morgan fingerprint density at radius 2 is 1.90 bits per heavy atom. The van der Waals surface area contributed by atoms with Crippen LogP contribution in [0, 0.1) is 0 Å².